The number of ether oxygens (including phenoxy) is 1. The van der Waals surface area contributed by atoms with Crippen molar-refractivity contribution >= 4 is 5.97 Å². The highest BCUT2D eigenvalue weighted by atomic mass is 16.5. The molecule has 88 valence electrons. The average molecular weight is 220 g/mol. The van der Waals surface area contributed by atoms with Gasteiger partial charge in [-0.05, 0) is 18.4 Å². The minimum absolute atomic E-state index is 0.0185. The molecule has 0 saturated heterocycles. The van der Waals surface area contributed by atoms with Gasteiger partial charge in [-0.3, -0.25) is 4.79 Å². The molecule has 1 aromatic rings. The van der Waals surface area contributed by atoms with Crippen molar-refractivity contribution in [1.82, 2.24) is 0 Å². The van der Waals surface area contributed by atoms with Crippen molar-refractivity contribution in [2.45, 2.75) is 46.5 Å². The van der Waals surface area contributed by atoms with Gasteiger partial charge in [-0.25, -0.2) is 0 Å². The molecule has 0 saturated carbocycles. The molecule has 1 aromatic carbocycles. The minimum atomic E-state index is -0.186. The Bertz CT molecular complexity index is 386. The Balaban J connectivity index is 3.13. The molecular formula is C14H20O2. The highest BCUT2D eigenvalue weighted by Gasteiger charge is 2.20. The summed E-state index contributed by atoms with van der Waals surface area (Å²) in [6.07, 6.45) is 0.400. The summed E-state index contributed by atoms with van der Waals surface area (Å²) in [5, 5.41) is 0. The molecule has 0 aliphatic rings. The number of carbonyl (C=O) groups excluding carboxylic acids is 1. The maximum absolute atomic E-state index is 11.3. The van der Waals surface area contributed by atoms with Crippen LogP contribution in [0.3, 0.4) is 0 Å². The fourth-order valence-corrected chi connectivity index (χ4v) is 1.51. The minimum Gasteiger partial charge on any atom is -0.426 e. The molecule has 0 bridgehead atoms. The van der Waals surface area contributed by atoms with Gasteiger partial charge in [0, 0.05) is 12.0 Å². The van der Waals surface area contributed by atoms with Crippen LogP contribution in [0.15, 0.2) is 18.2 Å². The van der Waals surface area contributed by atoms with E-state index in [9.17, 15) is 4.79 Å². The number of aryl methyl sites for hydroxylation is 1. The van der Waals surface area contributed by atoms with Crippen LogP contribution >= 0.6 is 0 Å². The summed E-state index contributed by atoms with van der Waals surface area (Å²) in [7, 11) is 0. The fraction of sp³-hybridized carbons (Fsp3) is 0.500. The van der Waals surface area contributed by atoms with Gasteiger partial charge in [0.25, 0.3) is 0 Å². The first-order valence-electron chi connectivity index (χ1n) is 5.66. The lowest BCUT2D eigenvalue weighted by Crippen LogP contribution is -2.16. The van der Waals surface area contributed by atoms with Crippen molar-refractivity contribution in [2.24, 2.45) is 0 Å². The van der Waals surface area contributed by atoms with Gasteiger partial charge in [0.15, 0.2) is 0 Å². The van der Waals surface area contributed by atoms with Crippen molar-refractivity contribution in [2.75, 3.05) is 0 Å². The van der Waals surface area contributed by atoms with Crippen LogP contribution < -0.4 is 4.74 Å². The van der Waals surface area contributed by atoms with Crippen LogP contribution in [0.1, 0.15) is 45.2 Å². The van der Waals surface area contributed by atoms with E-state index in [4.69, 9.17) is 4.74 Å². The largest absolute Gasteiger partial charge is 0.426 e. The van der Waals surface area contributed by atoms with Gasteiger partial charge < -0.3 is 4.74 Å². The predicted octanol–water partition coefficient (Wildman–Crippen LogP) is 3.61. The third kappa shape index (κ3) is 3.09. The van der Waals surface area contributed by atoms with Crippen molar-refractivity contribution in [3.63, 3.8) is 0 Å². The maximum atomic E-state index is 11.3. The van der Waals surface area contributed by atoms with E-state index >= 15 is 0 Å². The fourth-order valence-electron chi connectivity index (χ4n) is 1.51. The van der Waals surface area contributed by atoms with Crippen molar-refractivity contribution in [1.29, 1.82) is 0 Å². The Kier molecular flexibility index (Phi) is 3.74. The highest BCUT2D eigenvalue weighted by molar-refractivity contribution is 5.72. The van der Waals surface area contributed by atoms with E-state index in [1.54, 1.807) is 6.92 Å². The summed E-state index contributed by atoms with van der Waals surface area (Å²) >= 11 is 0. The van der Waals surface area contributed by atoms with Gasteiger partial charge in [-0.1, -0.05) is 45.4 Å². The average Bonchev–Trinajstić information content (AvgIpc) is 2.19. The monoisotopic (exact) mass is 220 g/mol. The van der Waals surface area contributed by atoms with Gasteiger partial charge in [0.05, 0.1) is 0 Å². The number of esters is 1. The smallest absolute Gasteiger partial charge is 0.310 e. The lowest BCUT2D eigenvalue weighted by molar-refractivity contribution is -0.134. The molecule has 1 rings (SSSR count). The molecule has 0 aliphatic carbocycles. The lowest BCUT2D eigenvalue weighted by Gasteiger charge is -2.22. The number of rotatable bonds is 2. The number of hydrogen-bond donors (Lipinski definition) is 0. The third-order valence-electron chi connectivity index (χ3n) is 2.46. The summed E-state index contributed by atoms with van der Waals surface area (Å²) in [6.45, 7) is 10.2. The van der Waals surface area contributed by atoms with Crippen LogP contribution in [-0.4, -0.2) is 5.97 Å². The second-order valence-electron chi connectivity index (χ2n) is 5.08. The highest BCUT2D eigenvalue weighted by Crippen LogP contribution is 2.32. The summed E-state index contributed by atoms with van der Waals surface area (Å²) < 4.78 is 5.34. The zero-order valence-electron chi connectivity index (χ0n) is 10.8. The molecule has 0 heterocycles. The van der Waals surface area contributed by atoms with Crippen molar-refractivity contribution in [3.05, 3.63) is 29.3 Å². The van der Waals surface area contributed by atoms with Crippen LogP contribution in [-0.2, 0) is 10.2 Å². The van der Waals surface area contributed by atoms with Crippen molar-refractivity contribution in [3.8, 4) is 5.75 Å². The molecule has 16 heavy (non-hydrogen) atoms. The third-order valence-corrected chi connectivity index (χ3v) is 2.46. The van der Waals surface area contributed by atoms with Gasteiger partial charge in [-0.15, -0.1) is 0 Å². The Labute approximate surface area is 97.6 Å². The second kappa shape index (κ2) is 4.69. The van der Waals surface area contributed by atoms with Crippen molar-refractivity contribution < 1.29 is 9.53 Å². The molecule has 0 spiro atoms. The van der Waals surface area contributed by atoms with E-state index in [1.165, 1.54) is 5.56 Å². The molecule has 0 aromatic heterocycles. The summed E-state index contributed by atoms with van der Waals surface area (Å²) in [4.78, 5) is 11.3. The number of carbonyl (C=O) groups is 1. The van der Waals surface area contributed by atoms with Crippen LogP contribution in [0.5, 0.6) is 5.75 Å². The molecule has 0 fully saturated rings. The molecule has 0 atom stereocenters. The first-order chi connectivity index (χ1) is 7.34. The van der Waals surface area contributed by atoms with Crippen LogP contribution in [0.25, 0.3) is 0 Å². The molecule has 0 aliphatic heterocycles. The maximum Gasteiger partial charge on any atom is 0.310 e. The topological polar surface area (TPSA) is 26.3 Å². The van der Waals surface area contributed by atoms with Crippen LogP contribution in [0, 0.1) is 6.92 Å². The summed E-state index contributed by atoms with van der Waals surface area (Å²) in [6, 6.07) is 5.93. The lowest BCUT2D eigenvalue weighted by atomic mass is 9.85. The van der Waals surface area contributed by atoms with Gasteiger partial charge >= 0.3 is 5.97 Å². The normalized spacial score (nSPS) is 11.3. The molecule has 0 unspecified atom stereocenters. The van der Waals surface area contributed by atoms with E-state index in [-0.39, 0.29) is 11.4 Å². The van der Waals surface area contributed by atoms with Gasteiger partial charge in [0.2, 0.25) is 0 Å². The second-order valence-corrected chi connectivity index (χ2v) is 5.08. The van der Waals surface area contributed by atoms with E-state index in [2.05, 4.69) is 26.8 Å². The van der Waals surface area contributed by atoms with E-state index in [1.807, 2.05) is 19.1 Å². The Morgan fingerprint density at radius 1 is 1.31 bits per heavy atom. The van der Waals surface area contributed by atoms with E-state index in [0.29, 0.717) is 12.2 Å². The Morgan fingerprint density at radius 2 is 1.94 bits per heavy atom. The molecule has 2 nitrogen and oxygen atoms in total. The zero-order valence-corrected chi connectivity index (χ0v) is 10.8. The summed E-state index contributed by atoms with van der Waals surface area (Å²) in [5.41, 5.74) is 2.24. The SMILES string of the molecule is CCC(=O)Oc1ccc(C)cc1C(C)(C)C. The Morgan fingerprint density at radius 3 is 2.44 bits per heavy atom. The van der Waals surface area contributed by atoms with Gasteiger partial charge in [-0.2, -0.15) is 0 Å². The number of hydrogen-bond acceptors (Lipinski definition) is 2. The molecule has 2 heteroatoms. The van der Waals surface area contributed by atoms with E-state index < -0.39 is 0 Å². The molecular weight excluding hydrogens is 200 g/mol. The standard InChI is InChI=1S/C14H20O2/c1-6-13(15)16-12-8-7-10(2)9-11(12)14(3,4)5/h7-9H,6H2,1-5H3. The van der Waals surface area contributed by atoms with Gasteiger partial charge in [0.1, 0.15) is 5.75 Å². The quantitative estimate of drug-likeness (QED) is 0.562. The first kappa shape index (κ1) is 12.8. The summed E-state index contributed by atoms with van der Waals surface area (Å²) in [5.74, 6) is 0.499. The molecule has 0 amide bonds. The zero-order chi connectivity index (χ0) is 12.3. The van der Waals surface area contributed by atoms with Crippen LogP contribution in [0.4, 0.5) is 0 Å². The van der Waals surface area contributed by atoms with Crippen LogP contribution in [0.2, 0.25) is 0 Å². The Hall–Kier alpha value is -1.31. The predicted molar refractivity (Wildman–Crippen MR) is 65.8 cm³/mol. The molecule has 0 radical (unpaired) electrons. The number of benzene rings is 1. The first-order valence-corrected chi connectivity index (χ1v) is 5.66. The van der Waals surface area contributed by atoms with E-state index in [0.717, 1.165) is 5.56 Å². The molecule has 0 N–H and O–H groups in total.